The molecule has 3 rings (SSSR count). The molecule has 0 radical (unpaired) electrons. The van der Waals surface area contributed by atoms with E-state index in [9.17, 15) is 19.7 Å². The Kier molecular flexibility index (Phi) is 4.76. The predicted molar refractivity (Wildman–Crippen MR) is 82.3 cm³/mol. The molecule has 4 atom stereocenters. The molecule has 0 amide bonds. The second-order valence-corrected chi connectivity index (χ2v) is 6.25. The molecule has 0 aliphatic carbocycles. The van der Waals surface area contributed by atoms with Crippen molar-refractivity contribution in [3.63, 3.8) is 0 Å². The Morgan fingerprint density at radius 1 is 1.13 bits per heavy atom. The van der Waals surface area contributed by atoms with Crippen LogP contribution in [0.1, 0.15) is 0 Å². The van der Waals surface area contributed by atoms with Gasteiger partial charge in [0, 0.05) is 23.6 Å². The normalized spacial score (nSPS) is 27.7. The Morgan fingerprint density at radius 2 is 1.96 bits per heavy atom. The molecule has 1 aliphatic heterocycles. The van der Waals surface area contributed by atoms with Crippen LogP contribution in [0.3, 0.4) is 0 Å². The number of aliphatic hydroxyl groups excluding tert-OH is 3. The molecule has 6 nitrogen and oxygen atoms in total. The summed E-state index contributed by atoms with van der Waals surface area (Å²) in [5, 5.41) is 29.1. The van der Waals surface area contributed by atoms with Crippen molar-refractivity contribution in [3.8, 4) is 17.0 Å². The molecule has 3 heterocycles. The zero-order valence-corrected chi connectivity index (χ0v) is 12.7. The van der Waals surface area contributed by atoms with Crippen LogP contribution in [0.4, 0.5) is 4.39 Å². The summed E-state index contributed by atoms with van der Waals surface area (Å²) in [7, 11) is 0. The van der Waals surface area contributed by atoms with Crippen LogP contribution in [-0.4, -0.2) is 54.8 Å². The average Bonchev–Trinajstić information content (AvgIpc) is 2.56. The van der Waals surface area contributed by atoms with E-state index in [1.807, 2.05) is 0 Å². The Labute approximate surface area is 136 Å². The third-order valence-electron chi connectivity index (χ3n) is 3.47. The highest BCUT2D eigenvalue weighted by atomic mass is 32.2. The van der Waals surface area contributed by atoms with Gasteiger partial charge in [0.1, 0.15) is 18.0 Å². The van der Waals surface area contributed by atoms with Gasteiger partial charge in [0.25, 0.3) is 0 Å². The van der Waals surface area contributed by atoms with Gasteiger partial charge in [0.05, 0.1) is 18.0 Å². The highest BCUT2D eigenvalue weighted by Crippen LogP contribution is 2.29. The van der Waals surface area contributed by atoms with E-state index < -0.39 is 29.7 Å². The van der Waals surface area contributed by atoms with E-state index in [2.05, 4.69) is 9.97 Å². The Balaban J connectivity index is 1.70. The van der Waals surface area contributed by atoms with Crippen molar-refractivity contribution in [2.75, 3.05) is 5.75 Å². The van der Waals surface area contributed by atoms with Gasteiger partial charge in [0.15, 0.2) is 5.44 Å². The maximum absolute atomic E-state index is 13.1. The number of thioether (sulfide) groups is 1. The summed E-state index contributed by atoms with van der Waals surface area (Å²) in [6.07, 6.45) is -0.598. The van der Waals surface area contributed by atoms with Gasteiger partial charge >= 0.3 is 0 Å². The van der Waals surface area contributed by atoms with Gasteiger partial charge in [-0.2, -0.15) is 4.39 Å². The first-order chi connectivity index (χ1) is 11.0. The fourth-order valence-electron chi connectivity index (χ4n) is 2.20. The number of hydrogen-bond acceptors (Lipinski definition) is 7. The Hall–Kier alpha value is -1.74. The smallest absolute Gasteiger partial charge is 0.213 e. The number of ether oxygens (including phenoxy) is 1. The third kappa shape index (κ3) is 3.61. The van der Waals surface area contributed by atoms with E-state index in [4.69, 9.17) is 4.74 Å². The summed E-state index contributed by atoms with van der Waals surface area (Å²) < 4.78 is 18.7. The van der Waals surface area contributed by atoms with E-state index in [-0.39, 0.29) is 5.75 Å². The lowest BCUT2D eigenvalue weighted by Gasteiger charge is -2.34. The Morgan fingerprint density at radius 3 is 2.65 bits per heavy atom. The maximum atomic E-state index is 13.1. The van der Waals surface area contributed by atoms with Crippen molar-refractivity contribution in [2.24, 2.45) is 0 Å². The molecule has 2 aromatic rings. The van der Waals surface area contributed by atoms with Gasteiger partial charge in [-0.3, -0.25) is 4.98 Å². The monoisotopic (exact) mass is 338 g/mol. The standard InChI is InChI=1S/C15H15FN2O4S/c16-12-5-8(3-4-17-12)10-2-1-9(6-18-10)22-15-14(21)13(20)11(19)7-23-15/h1-6,11,13-15,19-21H,7H2/t11-,13+,14-,15+/m1/s1. The lowest BCUT2D eigenvalue weighted by molar-refractivity contribution is -0.0786. The van der Waals surface area contributed by atoms with E-state index in [0.717, 1.165) is 0 Å². The molecule has 8 heteroatoms. The minimum atomic E-state index is -1.24. The molecule has 0 spiro atoms. The van der Waals surface area contributed by atoms with Crippen LogP contribution in [0, 0.1) is 5.95 Å². The van der Waals surface area contributed by atoms with Crippen molar-refractivity contribution in [2.45, 2.75) is 23.7 Å². The summed E-state index contributed by atoms with van der Waals surface area (Å²) >= 11 is 1.21. The summed E-state index contributed by atoms with van der Waals surface area (Å²) in [5.41, 5.74) is 0.458. The lowest BCUT2D eigenvalue weighted by atomic mass is 10.1. The molecule has 1 aliphatic rings. The molecular formula is C15H15FN2O4S. The van der Waals surface area contributed by atoms with Crippen LogP contribution in [0.15, 0.2) is 36.7 Å². The minimum Gasteiger partial charge on any atom is -0.475 e. The fourth-order valence-corrected chi connectivity index (χ4v) is 3.32. The number of nitrogens with zero attached hydrogens (tertiary/aromatic N) is 2. The van der Waals surface area contributed by atoms with Crippen LogP contribution >= 0.6 is 11.8 Å². The summed E-state index contributed by atoms with van der Waals surface area (Å²) in [6.45, 7) is 0. The first-order valence-corrected chi connectivity index (χ1v) is 8.00. The maximum Gasteiger partial charge on any atom is 0.213 e. The molecule has 1 fully saturated rings. The molecule has 122 valence electrons. The number of aromatic nitrogens is 2. The highest BCUT2D eigenvalue weighted by Gasteiger charge is 2.38. The fraction of sp³-hybridized carbons (Fsp3) is 0.333. The van der Waals surface area contributed by atoms with Crippen LogP contribution in [0.2, 0.25) is 0 Å². The van der Waals surface area contributed by atoms with E-state index in [1.54, 1.807) is 18.2 Å². The van der Waals surface area contributed by atoms with Crippen LogP contribution < -0.4 is 4.74 Å². The summed E-state index contributed by atoms with van der Waals surface area (Å²) in [5.74, 6) is 0.0901. The zero-order chi connectivity index (χ0) is 16.4. The molecule has 0 unspecified atom stereocenters. The molecule has 0 bridgehead atoms. The summed E-state index contributed by atoms with van der Waals surface area (Å²) in [6, 6.07) is 6.23. The first-order valence-electron chi connectivity index (χ1n) is 6.95. The average molecular weight is 338 g/mol. The quantitative estimate of drug-likeness (QED) is 0.713. The number of pyridine rings is 2. The molecule has 0 saturated carbocycles. The van der Waals surface area contributed by atoms with Gasteiger partial charge in [-0.1, -0.05) is 0 Å². The van der Waals surface area contributed by atoms with Crippen molar-refractivity contribution in [1.82, 2.24) is 9.97 Å². The number of hydrogen-bond donors (Lipinski definition) is 3. The van der Waals surface area contributed by atoms with E-state index in [1.165, 1.54) is 30.2 Å². The van der Waals surface area contributed by atoms with Crippen molar-refractivity contribution in [3.05, 3.63) is 42.6 Å². The van der Waals surface area contributed by atoms with Crippen LogP contribution in [0.5, 0.6) is 5.75 Å². The van der Waals surface area contributed by atoms with Gasteiger partial charge in [-0.05, 0) is 18.2 Å². The van der Waals surface area contributed by atoms with Gasteiger partial charge in [-0.25, -0.2) is 4.98 Å². The van der Waals surface area contributed by atoms with Gasteiger partial charge in [0.2, 0.25) is 5.95 Å². The second kappa shape index (κ2) is 6.79. The van der Waals surface area contributed by atoms with E-state index >= 15 is 0 Å². The second-order valence-electron chi connectivity index (χ2n) is 5.11. The largest absolute Gasteiger partial charge is 0.475 e. The zero-order valence-electron chi connectivity index (χ0n) is 11.9. The predicted octanol–water partition coefficient (Wildman–Crippen LogP) is 0.817. The highest BCUT2D eigenvalue weighted by molar-refractivity contribution is 7.99. The van der Waals surface area contributed by atoms with Crippen LogP contribution in [0.25, 0.3) is 11.3 Å². The number of rotatable bonds is 3. The molecule has 0 aromatic carbocycles. The first kappa shape index (κ1) is 16.1. The Bertz CT molecular complexity index is 673. The molecule has 3 N–H and O–H groups in total. The number of halogens is 1. The molecule has 23 heavy (non-hydrogen) atoms. The van der Waals surface area contributed by atoms with Crippen molar-refractivity contribution >= 4 is 11.8 Å². The van der Waals surface area contributed by atoms with Gasteiger partial charge in [-0.15, -0.1) is 11.8 Å². The van der Waals surface area contributed by atoms with Gasteiger partial charge < -0.3 is 20.1 Å². The lowest BCUT2D eigenvalue weighted by Crippen LogP contribution is -2.50. The SMILES string of the molecule is O[C@@H]1[C@@H](O)[C@@H](Oc2ccc(-c3ccnc(F)c3)nc2)SC[C@H]1O. The number of aliphatic hydroxyl groups is 3. The van der Waals surface area contributed by atoms with Crippen molar-refractivity contribution < 1.29 is 24.4 Å². The van der Waals surface area contributed by atoms with Crippen molar-refractivity contribution in [1.29, 1.82) is 0 Å². The molecule has 2 aromatic heterocycles. The third-order valence-corrected chi connectivity index (χ3v) is 4.70. The minimum absolute atomic E-state index is 0.269. The van der Waals surface area contributed by atoms with Crippen LogP contribution in [-0.2, 0) is 0 Å². The summed E-state index contributed by atoms with van der Waals surface area (Å²) in [4.78, 5) is 7.68. The van der Waals surface area contributed by atoms with E-state index in [0.29, 0.717) is 17.0 Å². The molecular weight excluding hydrogens is 323 g/mol. The molecule has 1 saturated heterocycles. The topological polar surface area (TPSA) is 95.7 Å².